The van der Waals surface area contributed by atoms with Gasteiger partial charge >= 0.3 is 0 Å². The molecule has 5 nitrogen and oxygen atoms in total. The van der Waals surface area contributed by atoms with E-state index in [0.29, 0.717) is 5.01 Å². The number of imide groups is 1. The first-order valence-corrected chi connectivity index (χ1v) is 4.28. The Morgan fingerprint density at radius 3 is 2.79 bits per heavy atom. The molecular formula is C8H8ClN3O2. The molecule has 1 aromatic heterocycles. The molecule has 0 radical (unpaired) electrons. The highest BCUT2D eigenvalue weighted by Gasteiger charge is 2.18. The highest BCUT2D eigenvalue weighted by molar-refractivity contribution is 6.28. The summed E-state index contributed by atoms with van der Waals surface area (Å²) in [6.45, 7) is 0. The van der Waals surface area contributed by atoms with Gasteiger partial charge in [0.05, 0.1) is 5.56 Å². The van der Waals surface area contributed by atoms with Crippen LogP contribution in [0.25, 0.3) is 0 Å². The number of alkyl halides is 1. The number of hydrogen-bond acceptors (Lipinski definition) is 4. The molecule has 0 spiro atoms. The Morgan fingerprint density at radius 2 is 2.29 bits per heavy atom. The highest BCUT2D eigenvalue weighted by atomic mass is 35.5. The van der Waals surface area contributed by atoms with E-state index in [4.69, 9.17) is 17.4 Å². The lowest BCUT2D eigenvalue weighted by Crippen LogP contribution is -2.43. The molecule has 1 heterocycles. The van der Waals surface area contributed by atoms with E-state index in [1.807, 2.05) is 0 Å². The Bertz CT molecular complexity index is 342. The summed E-state index contributed by atoms with van der Waals surface area (Å²) in [5.41, 5.74) is 0.244. The smallest absolute Gasteiger partial charge is 0.272 e. The van der Waals surface area contributed by atoms with Crippen molar-refractivity contribution in [3.05, 3.63) is 30.1 Å². The zero-order valence-electron chi connectivity index (χ0n) is 7.18. The predicted molar refractivity (Wildman–Crippen MR) is 50.3 cm³/mol. The van der Waals surface area contributed by atoms with Crippen molar-refractivity contribution in [3.8, 4) is 0 Å². The lowest BCUT2D eigenvalue weighted by molar-refractivity contribution is -0.126. The van der Waals surface area contributed by atoms with Crippen molar-refractivity contribution in [3.63, 3.8) is 0 Å². The third kappa shape index (κ3) is 2.27. The first-order valence-electron chi connectivity index (χ1n) is 3.74. The van der Waals surface area contributed by atoms with Crippen molar-refractivity contribution >= 4 is 23.4 Å². The number of hydrogen-bond donors (Lipinski definition) is 1. The van der Waals surface area contributed by atoms with Crippen molar-refractivity contribution in [1.29, 1.82) is 0 Å². The van der Waals surface area contributed by atoms with Gasteiger partial charge in [0.25, 0.3) is 11.8 Å². The number of halogens is 1. The molecule has 14 heavy (non-hydrogen) atoms. The summed E-state index contributed by atoms with van der Waals surface area (Å²) in [4.78, 5) is 26.1. The Morgan fingerprint density at radius 1 is 1.57 bits per heavy atom. The van der Waals surface area contributed by atoms with Crippen LogP contribution in [0, 0.1) is 0 Å². The van der Waals surface area contributed by atoms with Crippen molar-refractivity contribution in [2.75, 3.05) is 5.88 Å². The second-order valence-electron chi connectivity index (χ2n) is 2.44. The van der Waals surface area contributed by atoms with E-state index in [1.54, 1.807) is 6.07 Å². The molecule has 6 heteroatoms. The van der Waals surface area contributed by atoms with Crippen molar-refractivity contribution in [2.45, 2.75) is 0 Å². The Labute approximate surface area is 85.4 Å². The molecule has 0 bridgehead atoms. The van der Waals surface area contributed by atoms with Crippen LogP contribution in [0.4, 0.5) is 0 Å². The fraction of sp³-hybridized carbons (Fsp3) is 0.125. The first kappa shape index (κ1) is 10.6. The molecule has 2 N–H and O–H groups in total. The number of carbonyl (C=O) groups excluding carboxylic acids is 2. The van der Waals surface area contributed by atoms with Crippen LogP contribution >= 0.6 is 11.6 Å². The van der Waals surface area contributed by atoms with Crippen LogP contribution in [0.3, 0.4) is 0 Å². The molecule has 0 saturated carbocycles. The maximum absolute atomic E-state index is 11.4. The number of hydrazine groups is 1. The zero-order chi connectivity index (χ0) is 10.6. The molecule has 0 aliphatic rings. The average molecular weight is 214 g/mol. The molecule has 1 aromatic rings. The molecule has 0 aliphatic heterocycles. The van der Waals surface area contributed by atoms with Gasteiger partial charge in [0.1, 0.15) is 5.88 Å². The van der Waals surface area contributed by atoms with E-state index < -0.39 is 11.8 Å². The van der Waals surface area contributed by atoms with Crippen LogP contribution in [-0.4, -0.2) is 27.7 Å². The monoisotopic (exact) mass is 213 g/mol. The summed E-state index contributed by atoms with van der Waals surface area (Å²) >= 11 is 5.24. The van der Waals surface area contributed by atoms with Gasteiger partial charge in [-0.25, -0.2) is 10.9 Å². The van der Waals surface area contributed by atoms with Gasteiger partial charge in [-0.05, 0) is 12.1 Å². The summed E-state index contributed by atoms with van der Waals surface area (Å²) in [5, 5.41) is 0.476. The molecule has 0 saturated heterocycles. The van der Waals surface area contributed by atoms with Gasteiger partial charge in [0.15, 0.2) is 0 Å². The van der Waals surface area contributed by atoms with Crippen LogP contribution in [0.1, 0.15) is 10.4 Å². The largest absolute Gasteiger partial charge is 0.276 e. The zero-order valence-corrected chi connectivity index (χ0v) is 7.94. The number of carbonyl (C=O) groups is 2. The van der Waals surface area contributed by atoms with Crippen LogP contribution in [0.2, 0.25) is 0 Å². The van der Waals surface area contributed by atoms with Crippen LogP contribution in [0.15, 0.2) is 24.5 Å². The van der Waals surface area contributed by atoms with Gasteiger partial charge in [0.2, 0.25) is 0 Å². The molecule has 1 rings (SSSR count). The SMILES string of the molecule is NN(C(=O)CCl)C(=O)c1cccnc1. The van der Waals surface area contributed by atoms with E-state index in [2.05, 4.69) is 4.98 Å². The summed E-state index contributed by atoms with van der Waals surface area (Å²) in [6.07, 6.45) is 2.84. The third-order valence-corrected chi connectivity index (χ3v) is 1.74. The second kappa shape index (κ2) is 4.69. The van der Waals surface area contributed by atoms with Gasteiger partial charge in [-0.1, -0.05) is 0 Å². The Kier molecular flexibility index (Phi) is 3.55. The fourth-order valence-electron chi connectivity index (χ4n) is 0.806. The second-order valence-corrected chi connectivity index (χ2v) is 2.71. The van der Waals surface area contributed by atoms with Gasteiger partial charge in [-0.15, -0.1) is 11.6 Å². The minimum Gasteiger partial charge on any atom is -0.272 e. The van der Waals surface area contributed by atoms with E-state index >= 15 is 0 Å². The molecular weight excluding hydrogens is 206 g/mol. The van der Waals surface area contributed by atoms with Gasteiger partial charge in [-0.3, -0.25) is 14.6 Å². The number of nitrogens with two attached hydrogens (primary N) is 1. The number of amides is 2. The van der Waals surface area contributed by atoms with Gasteiger partial charge < -0.3 is 0 Å². The van der Waals surface area contributed by atoms with Gasteiger partial charge in [0, 0.05) is 12.4 Å². The topological polar surface area (TPSA) is 76.3 Å². The highest BCUT2D eigenvalue weighted by Crippen LogP contribution is 2.00. The number of pyridine rings is 1. The van der Waals surface area contributed by atoms with Crippen LogP contribution in [-0.2, 0) is 4.79 Å². The summed E-state index contributed by atoms with van der Waals surface area (Å²) in [6, 6.07) is 3.09. The summed E-state index contributed by atoms with van der Waals surface area (Å²) < 4.78 is 0. The molecule has 0 aliphatic carbocycles. The maximum atomic E-state index is 11.4. The Balaban J connectivity index is 2.81. The van der Waals surface area contributed by atoms with E-state index in [-0.39, 0.29) is 11.4 Å². The minimum atomic E-state index is -0.652. The van der Waals surface area contributed by atoms with E-state index in [0.717, 1.165) is 0 Å². The first-order chi connectivity index (χ1) is 6.66. The van der Waals surface area contributed by atoms with Crippen molar-refractivity contribution in [2.24, 2.45) is 5.84 Å². The fourth-order valence-corrected chi connectivity index (χ4v) is 0.935. The standard InChI is InChI=1S/C8H8ClN3O2/c9-4-7(13)12(10)8(14)6-2-1-3-11-5-6/h1-3,5H,4,10H2. The molecule has 0 aromatic carbocycles. The number of nitrogens with zero attached hydrogens (tertiary/aromatic N) is 2. The Hall–Kier alpha value is -1.46. The maximum Gasteiger partial charge on any atom is 0.276 e. The minimum absolute atomic E-state index is 0.244. The molecule has 0 unspecified atom stereocenters. The van der Waals surface area contributed by atoms with E-state index in [9.17, 15) is 9.59 Å². The molecule has 2 amide bonds. The predicted octanol–water partition coefficient (Wildman–Crippen LogP) is 0.163. The third-order valence-electron chi connectivity index (χ3n) is 1.51. The van der Waals surface area contributed by atoms with Crippen molar-refractivity contribution in [1.82, 2.24) is 9.99 Å². The molecule has 74 valence electrons. The van der Waals surface area contributed by atoms with Crippen molar-refractivity contribution < 1.29 is 9.59 Å². The summed E-state index contributed by atoms with van der Waals surface area (Å²) in [5.74, 6) is 3.62. The van der Waals surface area contributed by atoms with Crippen LogP contribution < -0.4 is 5.84 Å². The van der Waals surface area contributed by atoms with E-state index in [1.165, 1.54) is 18.5 Å². The average Bonchev–Trinajstić information content (AvgIpc) is 2.27. The van der Waals surface area contributed by atoms with Gasteiger partial charge in [-0.2, -0.15) is 0 Å². The molecule has 0 fully saturated rings. The number of aromatic nitrogens is 1. The lowest BCUT2D eigenvalue weighted by Gasteiger charge is -2.12. The molecule has 0 atom stereocenters. The van der Waals surface area contributed by atoms with Crippen LogP contribution in [0.5, 0.6) is 0 Å². The quantitative estimate of drug-likeness (QED) is 0.329. The lowest BCUT2D eigenvalue weighted by atomic mass is 10.2. The number of rotatable bonds is 2. The summed E-state index contributed by atoms with van der Waals surface area (Å²) in [7, 11) is 0. The normalized spacial score (nSPS) is 9.57.